The van der Waals surface area contributed by atoms with Gasteiger partial charge in [-0.1, -0.05) is 41.4 Å². The van der Waals surface area contributed by atoms with Crippen molar-refractivity contribution in [2.24, 2.45) is 0 Å². The van der Waals surface area contributed by atoms with Crippen LogP contribution < -0.4 is 10.1 Å². The number of rotatable bonds is 8. The number of carbonyl (C=O) groups excluding carboxylic acids is 1. The maximum atomic E-state index is 11.8. The lowest BCUT2D eigenvalue weighted by Gasteiger charge is -2.09. The summed E-state index contributed by atoms with van der Waals surface area (Å²) in [5.74, 6) is 0.662. The van der Waals surface area contributed by atoms with Gasteiger partial charge in [-0.15, -0.1) is 0 Å². The first-order chi connectivity index (χ1) is 11.6. The molecule has 4 nitrogen and oxygen atoms in total. The molecule has 0 radical (unpaired) electrons. The highest BCUT2D eigenvalue weighted by Crippen LogP contribution is 2.31. The highest BCUT2D eigenvalue weighted by atomic mass is 35.5. The lowest BCUT2D eigenvalue weighted by molar-refractivity contribution is -0.121. The Hall–Kier alpha value is -1.91. The van der Waals surface area contributed by atoms with Gasteiger partial charge in [0.2, 0.25) is 5.91 Å². The van der Waals surface area contributed by atoms with Gasteiger partial charge in [0.15, 0.2) is 0 Å². The van der Waals surface area contributed by atoms with Crippen molar-refractivity contribution in [1.82, 2.24) is 5.32 Å². The second kappa shape index (κ2) is 9.40. The predicted octanol–water partition coefficient (Wildman–Crippen LogP) is 4.22. The van der Waals surface area contributed by atoms with Crippen molar-refractivity contribution in [3.05, 3.63) is 58.1 Å². The molecule has 2 N–H and O–H groups in total. The lowest BCUT2D eigenvalue weighted by atomic mass is 10.1. The standard InChI is InChI=1S/C18H19Cl2NO3/c19-15-4-1-5-16(18(15)20)24-12-10-17(23)21-11-2-3-13-6-8-14(22)9-7-13/h1,4-9,22H,2-3,10-12H2,(H,21,23). The van der Waals surface area contributed by atoms with Crippen LogP contribution in [-0.2, 0) is 11.2 Å². The van der Waals surface area contributed by atoms with E-state index in [-0.39, 0.29) is 24.7 Å². The molecule has 2 aromatic rings. The third-order valence-electron chi connectivity index (χ3n) is 3.40. The number of halogens is 2. The Labute approximate surface area is 151 Å². The first-order valence-corrected chi connectivity index (χ1v) is 8.43. The second-order valence-electron chi connectivity index (χ2n) is 5.27. The van der Waals surface area contributed by atoms with Gasteiger partial charge in [-0.3, -0.25) is 4.79 Å². The van der Waals surface area contributed by atoms with E-state index < -0.39 is 0 Å². The third-order valence-corrected chi connectivity index (χ3v) is 4.21. The molecule has 0 aliphatic heterocycles. The van der Waals surface area contributed by atoms with Gasteiger partial charge >= 0.3 is 0 Å². The number of ether oxygens (including phenoxy) is 1. The first-order valence-electron chi connectivity index (χ1n) is 7.67. The van der Waals surface area contributed by atoms with Crippen molar-refractivity contribution in [2.75, 3.05) is 13.2 Å². The summed E-state index contributed by atoms with van der Waals surface area (Å²) in [4.78, 5) is 11.8. The minimum absolute atomic E-state index is 0.0705. The second-order valence-corrected chi connectivity index (χ2v) is 6.06. The van der Waals surface area contributed by atoms with E-state index in [0.29, 0.717) is 22.3 Å². The normalized spacial score (nSPS) is 10.4. The highest BCUT2D eigenvalue weighted by molar-refractivity contribution is 6.42. The Morgan fingerprint density at radius 3 is 2.62 bits per heavy atom. The first kappa shape index (κ1) is 18.4. The van der Waals surface area contributed by atoms with Crippen LogP contribution in [0.25, 0.3) is 0 Å². The summed E-state index contributed by atoms with van der Waals surface area (Å²) < 4.78 is 5.47. The Morgan fingerprint density at radius 1 is 1.12 bits per heavy atom. The van der Waals surface area contributed by atoms with E-state index in [1.54, 1.807) is 30.3 Å². The third kappa shape index (κ3) is 5.95. The molecule has 6 heteroatoms. The number of phenolic OH excluding ortho intramolecular Hbond substituents is 1. The number of phenols is 1. The molecule has 1 amide bonds. The molecule has 0 aromatic heterocycles. The SMILES string of the molecule is O=C(CCOc1cccc(Cl)c1Cl)NCCCc1ccc(O)cc1. The van der Waals surface area contributed by atoms with Crippen molar-refractivity contribution in [3.8, 4) is 11.5 Å². The quantitative estimate of drug-likeness (QED) is 0.686. The van der Waals surface area contributed by atoms with E-state index in [1.807, 2.05) is 12.1 Å². The molecule has 128 valence electrons. The van der Waals surface area contributed by atoms with Gasteiger partial charge in [-0.25, -0.2) is 0 Å². The molecule has 0 bridgehead atoms. The Balaban J connectivity index is 1.61. The summed E-state index contributed by atoms with van der Waals surface area (Å²) in [7, 11) is 0. The number of aromatic hydroxyl groups is 1. The molecule has 2 aromatic carbocycles. The van der Waals surface area contributed by atoms with Gasteiger partial charge in [0.05, 0.1) is 18.1 Å². The molecule has 0 saturated carbocycles. The van der Waals surface area contributed by atoms with Crippen molar-refractivity contribution >= 4 is 29.1 Å². The Morgan fingerprint density at radius 2 is 1.88 bits per heavy atom. The van der Waals surface area contributed by atoms with Gasteiger partial charge < -0.3 is 15.2 Å². The van der Waals surface area contributed by atoms with Crippen molar-refractivity contribution in [2.45, 2.75) is 19.3 Å². The molecule has 0 atom stereocenters. The van der Waals surface area contributed by atoms with Crippen molar-refractivity contribution in [3.63, 3.8) is 0 Å². The smallest absolute Gasteiger partial charge is 0.223 e. The Kier molecular flexibility index (Phi) is 7.22. The predicted molar refractivity (Wildman–Crippen MR) is 96.0 cm³/mol. The number of aryl methyl sites for hydroxylation is 1. The summed E-state index contributed by atoms with van der Waals surface area (Å²) in [5.41, 5.74) is 1.13. The molecule has 0 fully saturated rings. The molecule has 0 heterocycles. The summed E-state index contributed by atoms with van der Waals surface area (Å²) >= 11 is 11.9. The van der Waals surface area contributed by atoms with Crippen LogP contribution in [0.15, 0.2) is 42.5 Å². The van der Waals surface area contributed by atoms with Crippen LogP contribution in [0.4, 0.5) is 0 Å². The van der Waals surface area contributed by atoms with E-state index in [1.165, 1.54) is 0 Å². The highest BCUT2D eigenvalue weighted by Gasteiger charge is 2.07. The molecule has 0 unspecified atom stereocenters. The van der Waals surface area contributed by atoms with Crippen LogP contribution in [0.5, 0.6) is 11.5 Å². The maximum absolute atomic E-state index is 11.8. The number of hydrogen-bond acceptors (Lipinski definition) is 3. The van der Waals surface area contributed by atoms with Crippen LogP contribution >= 0.6 is 23.2 Å². The summed E-state index contributed by atoms with van der Waals surface area (Å²) in [5, 5.41) is 12.8. The summed E-state index contributed by atoms with van der Waals surface area (Å²) in [6.07, 6.45) is 1.93. The van der Waals surface area contributed by atoms with Gasteiger partial charge in [0.1, 0.15) is 16.5 Å². The molecule has 24 heavy (non-hydrogen) atoms. The van der Waals surface area contributed by atoms with Crippen molar-refractivity contribution < 1.29 is 14.6 Å². The summed E-state index contributed by atoms with van der Waals surface area (Å²) in [6, 6.07) is 12.2. The molecule has 0 aliphatic rings. The fourth-order valence-corrected chi connectivity index (χ4v) is 2.47. The molecular formula is C18H19Cl2NO3. The zero-order chi connectivity index (χ0) is 17.4. The number of hydrogen-bond donors (Lipinski definition) is 2. The molecular weight excluding hydrogens is 349 g/mol. The maximum Gasteiger partial charge on any atom is 0.223 e. The fraction of sp³-hybridized carbons (Fsp3) is 0.278. The minimum atomic E-state index is -0.0705. The van der Waals surface area contributed by atoms with Crippen LogP contribution in [0, 0.1) is 0 Å². The minimum Gasteiger partial charge on any atom is -0.508 e. The van der Waals surface area contributed by atoms with Gasteiger partial charge in [0, 0.05) is 6.54 Å². The number of carbonyl (C=O) groups is 1. The van der Waals surface area contributed by atoms with Crippen LogP contribution in [0.3, 0.4) is 0 Å². The van der Waals surface area contributed by atoms with Gasteiger partial charge in [-0.2, -0.15) is 0 Å². The molecule has 0 aliphatic carbocycles. The van der Waals surface area contributed by atoms with E-state index in [4.69, 9.17) is 27.9 Å². The molecule has 0 spiro atoms. The van der Waals surface area contributed by atoms with Crippen molar-refractivity contribution in [1.29, 1.82) is 0 Å². The van der Waals surface area contributed by atoms with Crippen LogP contribution in [0.2, 0.25) is 10.0 Å². The topological polar surface area (TPSA) is 58.6 Å². The summed E-state index contributed by atoms with van der Waals surface area (Å²) in [6.45, 7) is 0.835. The molecule has 2 rings (SSSR count). The fourth-order valence-electron chi connectivity index (χ4n) is 2.12. The van der Waals surface area contributed by atoms with E-state index in [2.05, 4.69) is 5.32 Å². The van der Waals surface area contributed by atoms with Crippen LogP contribution in [0.1, 0.15) is 18.4 Å². The largest absolute Gasteiger partial charge is 0.508 e. The average Bonchev–Trinajstić information content (AvgIpc) is 2.57. The zero-order valence-electron chi connectivity index (χ0n) is 13.1. The number of amides is 1. The lowest BCUT2D eigenvalue weighted by Crippen LogP contribution is -2.26. The number of benzene rings is 2. The zero-order valence-corrected chi connectivity index (χ0v) is 14.6. The molecule has 0 saturated heterocycles. The average molecular weight is 368 g/mol. The van der Waals surface area contributed by atoms with Gasteiger partial charge in [0.25, 0.3) is 0 Å². The monoisotopic (exact) mass is 367 g/mol. The number of nitrogens with one attached hydrogen (secondary N) is 1. The van der Waals surface area contributed by atoms with E-state index >= 15 is 0 Å². The van der Waals surface area contributed by atoms with Gasteiger partial charge in [-0.05, 0) is 42.7 Å². The van der Waals surface area contributed by atoms with E-state index in [0.717, 1.165) is 18.4 Å². The van der Waals surface area contributed by atoms with Crippen LogP contribution in [-0.4, -0.2) is 24.2 Å². The Bertz CT molecular complexity index is 674. The van der Waals surface area contributed by atoms with E-state index in [9.17, 15) is 9.90 Å².